The summed E-state index contributed by atoms with van der Waals surface area (Å²) < 4.78 is 17.3. The summed E-state index contributed by atoms with van der Waals surface area (Å²) in [5, 5.41) is 3.67. The van der Waals surface area contributed by atoms with E-state index in [2.05, 4.69) is 12.2 Å². The average molecular weight is 255 g/mol. The van der Waals surface area contributed by atoms with E-state index in [9.17, 15) is 0 Å². The van der Waals surface area contributed by atoms with Crippen molar-refractivity contribution in [1.82, 2.24) is 5.32 Å². The molecule has 4 heteroatoms. The Morgan fingerprint density at radius 2 is 1.72 bits per heavy atom. The summed E-state index contributed by atoms with van der Waals surface area (Å²) in [6.07, 6.45) is 6.74. The van der Waals surface area contributed by atoms with E-state index in [1.807, 2.05) is 0 Å². The predicted molar refractivity (Wildman–Crippen MR) is 68.5 cm³/mol. The molecule has 1 N–H and O–H groups in total. The highest BCUT2D eigenvalue weighted by molar-refractivity contribution is 4.89. The topological polar surface area (TPSA) is 39.7 Å². The zero-order valence-corrected chi connectivity index (χ0v) is 11.4. The van der Waals surface area contributed by atoms with Crippen LogP contribution in [0.15, 0.2) is 0 Å². The minimum absolute atomic E-state index is 0.0650. The van der Waals surface area contributed by atoms with Gasteiger partial charge in [-0.25, -0.2) is 0 Å². The van der Waals surface area contributed by atoms with Crippen molar-refractivity contribution in [3.63, 3.8) is 0 Å². The van der Waals surface area contributed by atoms with Gasteiger partial charge in [0.05, 0.1) is 18.8 Å². The third-order valence-corrected chi connectivity index (χ3v) is 4.63. The van der Waals surface area contributed by atoms with Crippen molar-refractivity contribution in [3.05, 3.63) is 0 Å². The maximum Gasteiger partial charge on any atom is 0.168 e. The molecule has 0 bridgehead atoms. The Balaban J connectivity index is 1.43. The first-order chi connectivity index (χ1) is 8.70. The summed E-state index contributed by atoms with van der Waals surface area (Å²) in [6.45, 7) is 5.66. The molecule has 1 saturated carbocycles. The van der Waals surface area contributed by atoms with Crippen LogP contribution in [0.1, 0.15) is 45.4 Å². The van der Waals surface area contributed by atoms with Gasteiger partial charge in [0.25, 0.3) is 0 Å². The highest BCUT2D eigenvalue weighted by atomic mass is 16.7. The number of ether oxygens (including phenoxy) is 3. The zero-order valence-electron chi connectivity index (χ0n) is 11.4. The molecule has 104 valence electrons. The lowest BCUT2D eigenvalue weighted by Crippen LogP contribution is -2.46. The Morgan fingerprint density at radius 1 is 1.00 bits per heavy atom. The lowest BCUT2D eigenvalue weighted by molar-refractivity contribution is -0.179. The summed E-state index contributed by atoms with van der Waals surface area (Å²) in [5.74, 6) is -0.230. The van der Waals surface area contributed by atoms with Gasteiger partial charge in [0.1, 0.15) is 0 Å². The SMILES string of the molecule is CC1(CNC2CCC3(CC2)OCCO3)CCCO1. The van der Waals surface area contributed by atoms with E-state index >= 15 is 0 Å². The van der Waals surface area contributed by atoms with Gasteiger partial charge in [-0.1, -0.05) is 0 Å². The molecular formula is C14H25NO3. The van der Waals surface area contributed by atoms with Gasteiger partial charge in [-0.05, 0) is 32.6 Å². The molecule has 0 amide bonds. The molecule has 1 aliphatic carbocycles. The van der Waals surface area contributed by atoms with E-state index in [1.165, 1.54) is 12.8 Å². The highest BCUT2D eigenvalue weighted by Gasteiger charge is 2.40. The Bertz CT molecular complexity index is 273. The largest absolute Gasteiger partial charge is 0.374 e. The van der Waals surface area contributed by atoms with Crippen LogP contribution in [0.5, 0.6) is 0 Å². The highest BCUT2D eigenvalue weighted by Crippen LogP contribution is 2.36. The Morgan fingerprint density at radius 3 is 2.33 bits per heavy atom. The first kappa shape index (κ1) is 12.9. The van der Waals surface area contributed by atoms with Crippen molar-refractivity contribution in [3.8, 4) is 0 Å². The second kappa shape index (κ2) is 5.08. The lowest BCUT2D eigenvalue weighted by Gasteiger charge is -2.37. The molecule has 1 spiro atoms. The summed E-state index contributed by atoms with van der Waals surface area (Å²) >= 11 is 0. The van der Waals surface area contributed by atoms with Gasteiger partial charge in [0.15, 0.2) is 5.79 Å². The van der Waals surface area contributed by atoms with Crippen LogP contribution in [0.4, 0.5) is 0 Å². The first-order valence-corrected chi connectivity index (χ1v) is 7.35. The molecule has 0 aromatic carbocycles. The van der Waals surface area contributed by atoms with Gasteiger partial charge in [0.2, 0.25) is 0 Å². The van der Waals surface area contributed by atoms with E-state index < -0.39 is 0 Å². The number of hydrogen-bond donors (Lipinski definition) is 1. The van der Waals surface area contributed by atoms with Crippen LogP contribution in [0.25, 0.3) is 0 Å². The maximum atomic E-state index is 5.81. The van der Waals surface area contributed by atoms with Crippen LogP contribution in [-0.4, -0.2) is 43.8 Å². The lowest BCUT2D eigenvalue weighted by atomic mass is 9.89. The molecule has 1 atom stereocenters. The van der Waals surface area contributed by atoms with E-state index in [-0.39, 0.29) is 11.4 Å². The van der Waals surface area contributed by atoms with Crippen LogP contribution < -0.4 is 5.32 Å². The molecule has 3 rings (SSSR count). The van der Waals surface area contributed by atoms with Crippen molar-refractivity contribution < 1.29 is 14.2 Å². The normalized spacial score (nSPS) is 36.5. The molecule has 3 fully saturated rings. The first-order valence-electron chi connectivity index (χ1n) is 7.35. The number of nitrogens with one attached hydrogen (secondary N) is 1. The maximum absolute atomic E-state index is 5.81. The minimum atomic E-state index is -0.230. The summed E-state index contributed by atoms with van der Waals surface area (Å²) in [7, 11) is 0. The standard InChI is InChI=1S/C14H25NO3/c1-13(5-2-8-16-13)11-15-12-3-6-14(7-4-12)17-9-10-18-14/h12,15H,2-11H2,1H3. The van der Waals surface area contributed by atoms with E-state index in [0.29, 0.717) is 6.04 Å². The fourth-order valence-corrected chi connectivity index (χ4v) is 3.38. The molecule has 2 saturated heterocycles. The van der Waals surface area contributed by atoms with Gasteiger partial charge in [-0.2, -0.15) is 0 Å². The third-order valence-electron chi connectivity index (χ3n) is 4.63. The molecule has 4 nitrogen and oxygen atoms in total. The molecule has 1 unspecified atom stereocenters. The molecule has 2 aliphatic heterocycles. The Labute approximate surface area is 109 Å². The second-order valence-electron chi connectivity index (χ2n) is 6.16. The van der Waals surface area contributed by atoms with Gasteiger partial charge in [-0.15, -0.1) is 0 Å². The fraction of sp³-hybridized carbons (Fsp3) is 1.00. The minimum Gasteiger partial charge on any atom is -0.374 e. The number of hydrogen-bond acceptors (Lipinski definition) is 4. The Kier molecular flexibility index (Phi) is 3.63. The van der Waals surface area contributed by atoms with Gasteiger partial charge >= 0.3 is 0 Å². The zero-order chi connectivity index (χ0) is 12.5. The molecule has 2 heterocycles. The third kappa shape index (κ3) is 2.72. The van der Waals surface area contributed by atoms with Gasteiger partial charge < -0.3 is 19.5 Å². The quantitative estimate of drug-likeness (QED) is 0.835. The summed E-state index contributed by atoms with van der Waals surface area (Å²) in [5.41, 5.74) is 0.0650. The van der Waals surface area contributed by atoms with E-state index in [0.717, 1.165) is 52.0 Å². The van der Waals surface area contributed by atoms with Crippen molar-refractivity contribution in [2.45, 2.75) is 62.9 Å². The van der Waals surface area contributed by atoms with Gasteiger partial charge in [0, 0.05) is 32.0 Å². The van der Waals surface area contributed by atoms with Crippen LogP contribution >= 0.6 is 0 Å². The molecule has 0 aromatic heterocycles. The second-order valence-corrected chi connectivity index (χ2v) is 6.16. The molecule has 0 radical (unpaired) electrons. The van der Waals surface area contributed by atoms with Crippen LogP contribution in [0.3, 0.4) is 0 Å². The van der Waals surface area contributed by atoms with Crippen molar-refractivity contribution in [2.75, 3.05) is 26.4 Å². The fourth-order valence-electron chi connectivity index (χ4n) is 3.38. The monoisotopic (exact) mass is 255 g/mol. The molecule has 3 aliphatic rings. The average Bonchev–Trinajstić information content (AvgIpc) is 3.00. The molecule has 18 heavy (non-hydrogen) atoms. The molecule has 0 aromatic rings. The van der Waals surface area contributed by atoms with Crippen molar-refractivity contribution >= 4 is 0 Å². The molecular weight excluding hydrogens is 230 g/mol. The van der Waals surface area contributed by atoms with E-state index in [4.69, 9.17) is 14.2 Å². The smallest absolute Gasteiger partial charge is 0.168 e. The Hall–Kier alpha value is -0.160. The van der Waals surface area contributed by atoms with E-state index in [1.54, 1.807) is 0 Å². The van der Waals surface area contributed by atoms with Crippen LogP contribution in [0, 0.1) is 0 Å². The summed E-state index contributed by atoms with van der Waals surface area (Å²) in [6, 6.07) is 0.601. The summed E-state index contributed by atoms with van der Waals surface area (Å²) in [4.78, 5) is 0. The van der Waals surface area contributed by atoms with Crippen molar-refractivity contribution in [1.29, 1.82) is 0 Å². The van der Waals surface area contributed by atoms with Crippen molar-refractivity contribution in [2.24, 2.45) is 0 Å². The number of rotatable bonds is 3. The van der Waals surface area contributed by atoms with Crippen LogP contribution in [-0.2, 0) is 14.2 Å². The van der Waals surface area contributed by atoms with Crippen LogP contribution in [0.2, 0.25) is 0 Å². The van der Waals surface area contributed by atoms with Gasteiger partial charge in [-0.3, -0.25) is 0 Å². The predicted octanol–water partition coefficient (Wildman–Crippen LogP) is 1.83.